The van der Waals surface area contributed by atoms with Crippen LogP contribution in [0.25, 0.3) is 0 Å². The number of carbonyl (C=O) groups is 3. The molecule has 0 heterocycles. The molecule has 0 bridgehead atoms. The first-order chi connectivity index (χ1) is 51.6. The number of hydrogen-bond donors (Lipinski definition) is 0. The van der Waals surface area contributed by atoms with E-state index in [0.29, 0.717) is 23.9 Å². The highest BCUT2D eigenvalue weighted by Crippen LogP contribution is 2.20. The number of nitrogens with zero attached hydrogens (tertiary/aromatic N) is 1. The molecule has 0 spiro atoms. The maximum atomic E-state index is 13.0. The summed E-state index contributed by atoms with van der Waals surface area (Å²) in [5.74, 6) is -2.26. The smallest absolute Gasteiger partial charge is 0.306 e. The zero-order chi connectivity index (χ0) is 76.0. The number of hydrogen-bond acceptors (Lipinski definition) is 8. The van der Waals surface area contributed by atoms with E-state index in [1.165, 1.54) is 283 Å². The summed E-state index contributed by atoms with van der Waals surface area (Å²) in [4.78, 5) is 37.7. The molecular weight excluding hydrogens is 1300 g/mol. The highest BCUT2D eigenvalue weighted by molar-refractivity contribution is 5.70. The van der Waals surface area contributed by atoms with Crippen molar-refractivity contribution in [1.29, 1.82) is 0 Å². The van der Waals surface area contributed by atoms with Gasteiger partial charge < -0.3 is 33.3 Å². The lowest BCUT2D eigenvalue weighted by Crippen LogP contribution is -2.44. The molecule has 0 saturated carbocycles. The second kappa shape index (κ2) is 85.3. The van der Waals surface area contributed by atoms with Gasteiger partial charge in [-0.2, -0.15) is 0 Å². The second-order valence-corrected chi connectivity index (χ2v) is 31.1. The minimum Gasteiger partial charge on any atom is -0.545 e. The largest absolute Gasteiger partial charge is 0.545 e. The van der Waals surface area contributed by atoms with Crippen LogP contribution in [0.2, 0.25) is 0 Å². The average Bonchev–Trinajstić information content (AvgIpc) is 1.18. The Morgan fingerprint density at radius 1 is 0.286 bits per heavy atom. The van der Waals surface area contributed by atoms with Crippen molar-refractivity contribution in [3.63, 3.8) is 0 Å². The van der Waals surface area contributed by atoms with Gasteiger partial charge in [-0.25, -0.2) is 0 Å². The molecule has 0 fully saturated rings. The van der Waals surface area contributed by atoms with Crippen LogP contribution in [0.5, 0.6) is 0 Å². The lowest BCUT2D eigenvalue weighted by atomic mass is 10.0. The molecule has 2 unspecified atom stereocenters. The topological polar surface area (TPSA) is 111 Å². The summed E-state index contributed by atoms with van der Waals surface area (Å²) in [6.07, 6.45) is 119. The van der Waals surface area contributed by atoms with Crippen molar-refractivity contribution in [3.05, 3.63) is 122 Å². The number of ether oxygens (including phenoxy) is 4. The fourth-order valence-electron chi connectivity index (χ4n) is 13.0. The molecule has 0 aromatic rings. The Bertz CT molecular complexity index is 2160. The van der Waals surface area contributed by atoms with E-state index >= 15 is 0 Å². The quantitative estimate of drug-likeness (QED) is 0.0195. The van der Waals surface area contributed by atoms with Gasteiger partial charge in [0, 0.05) is 12.8 Å². The molecule has 9 heteroatoms. The lowest BCUT2D eigenvalue weighted by molar-refractivity contribution is -0.870. The van der Waals surface area contributed by atoms with Crippen LogP contribution < -0.4 is 5.11 Å². The number of quaternary nitrogens is 1. The molecule has 0 N–H and O–H groups in total. The maximum absolute atomic E-state index is 13.0. The first-order valence-electron chi connectivity index (χ1n) is 44.7. The van der Waals surface area contributed by atoms with Crippen molar-refractivity contribution in [2.24, 2.45) is 0 Å². The van der Waals surface area contributed by atoms with Gasteiger partial charge in [0.05, 0.1) is 40.3 Å². The Morgan fingerprint density at radius 3 is 0.762 bits per heavy atom. The van der Waals surface area contributed by atoms with E-state index in [1.807, 2.05) is 21.1 Å². The van der Waals surface area contributed by atoms with Crippen molar-refractivity contribution >= 4 is 17.9 Å². The number of carbonyl (C=O) groups excluding carboxylic acids is 3. The van der Waals surface area contributed by atoms with Crippen molar-refractivity contribution in [1.82, 2.24) is 0 Å². The van der Waals surface area contributed by atoms with E-state index in [9.17, 15) is 19.5 Å². The van der Waals surface area contributed by atoms with E-state index in [2.05, 4.69) is 135 Å². The molecule has 0 aromatic carbocycles. The minimum absolute atomic E-state index is 0.148. The maximum Gasteiger partial charge on any atom is 0.306 e. The van der Waals surface area contributed by atoms with Crippen molar-refractivity contribution in [2.45, 2.75) is 424 Å². The third-order valence-corrected chi connectivity index (χ3v) is 19.7. The summed E-state index contributed by atoms with van der Waals surface area (Å²) in [5.41, 5.74) is 0. The first kappa shape index (κ1) is 101. The predicted octanol–water partition coefficient (Wildman–Crippen LogP) is 28.0. The SMILES string of the molecule is CC/C=C\C/C=C\C/C=C\C/C=C\C/C=C\C/C=C\CCCCCCCCCCCCCCCCCCCCCCCCC(=O)OC(COC(=O)CCCCCCCCCCCCCCCCCCCCCCCCCCCC/C=C\C/C=C\C/C=C\C/C=C\CC)COC(OCC[N+](C)(C)C)C(=O)[O-]. The van der Waals surface area contributed by atoms with Crippen LogP contribution in [0.4, 0.5) is 0 Å². The monoisotopic (exact) mass is 1460 g/mol. The summed E-state index contributed by atoms with van der Waals surface area (Å²) in [6, 6.07) is 0. The van der Waals surface area contributed by atoms with Gasteiger partial charge in [0.25, 0.3) is 0 Å². The van der Waals surface area contributed by atoms with Crippen LogP contribution in [0.3, 0.4) is 0 Å². The van der Waals surface area contributed by atoms with Crippen LogP contribution in [0, 0.1) is 0 Å². The Balaban J connectivity index is 3.92. The van der Waals surface area contributed by atoms with E-state index < -0.39 is 24.3 Å². The third-order valence-electron chi connectivity index (χ3n) is 19.7. The van der Waals surface area contributed by atoms with E-state index in [0.717, 1.165) is 96.3 Å². The molecule has 606 valence electrons. The Hall–Kier alpha value is -4.31. The molecule has 9 nitrogen and oxygen atoms in total. The van der Waals surface area contributed by atoms with E-state index in [1.54, 1.807) is 0 Å². The number of carboxylic acids is 1. The van der Waals surface area contributed by atoms with Crippen molar-refractivity contribution < 1.29 is 42.9 Å². The summed E-state index contributed by atoms with van der Waals surface area (Å²) in [5, 5.41) is 11.9. The predicted molar refractivity (Wildman–Crippen MR) is 453 cm³/mol. The molecule has 0 saturated heterocycles. The van der Waals surface area contributed by atoms with Crippen LogP contribution in [-0.4, -0.2) is 82.3 Å². The number of likely N-dealkylation sites (N-methyl/N-ethyl adjacent to an activating group) is 1. The standard InChI is InChI=1S/C96H169NO8/c1-6-8-10-12-14-16-18-20-22-24-26-28-30-32-34-36-38-40-42-44-46-47-49-51-53-55-57-59-61-63-65-67-69-71-73-75-77-79-81-83-85-87-94(99)105-92(91-104-96(95(100)101)102-89-88-97(3,4)5)90-103-93(98)86-84-82-80-78-76-74-72-70-68-66-64-62-60-58-56-54-52-50-48-45-43-41-39-37-35-33-31-29-27-25-23-21-19-17-15-13-11-9-7-2/h8-11,14-17,20-23,26-29,32,34,38,40,92,96H,6-7,12-13,18-19,24-25,30-31,33,35-37,39,41-91H2,1-5H3/b10-8-,11-9-,16-14-,17-15-,22-20-,23-21-,28-26-,29-27-,34-32-,40-38-. The average molecular weight is 1470 g/mol. The van der Waals surface area contributed by atoms with Gasteiger partial charge in [-0.1, -0.05) is 418 Å². The zero-order valence-corrected chi connectivity index (χ0v) is 69.6. The van der Waals surface area contributed by atoms with Crippen LogP contribution in [0.1, 0.15) is 412 Å². The van der Waals surface area contributed by atoms with Crippen LogP contribution >= 0.6 is 0 Å². The van der Waals surface area contributed by atoms with Crippen LogP contribution in [-0.2, 0) is 33.3 Å². The second-order valence-electron chi connectivity index (χ2n) is 31.1. The van der Waals surface area contributed by atoms with Gasteiger partial charge >= 0.3 is 11.9 Å². The van der Waals surface area contributed by atoms with Crippen molar-refractivity contribution in [2.75, 3.05) is 47.5 Å². The van der Waals surface area contributed by atoms with Gasteiger partial charge in [-0.3, -0.25) is 9.59 Å². The molecule has 0 radical (unpaired) electrons. The fraction of sp³-hybridized carbons (Fsp3) is 0.760. The molecule has 0 aliphatic carbocycles. The Morgan fingerprint density at radius 2 is 0.514 bits per heavy atom. The molecule has 0 aliphatic rings. The number of carboxylic acid groups (broad SMARTS) is 1. The van der Waals surface area contributed by atoms with Gasteiger partial charge in [-0.05, 0) is 103 Å². The Labute approximate surface area is 650 Å². The van der Waals surface area contributed by atoms with Crippen molar-refractivity contribution in [3.8, 4) is 0 Å². The molecule has 0 aliphatic heterocycles. The molecule has 0 rings (SSSR count). The number of aliphatic carboxylic acids is 1. The van der Waals surface area contributed by atoms with Gasteiger partial charge in [-0.15, -0.1) is 0 Å². The fourth-order valence-corrected chi connectivity index (χ4v) is 13.0. The van der Waals surface area contributed by atoms with E-state index in [-0.39, 0.29) is 32.2 Å². The molecular formula is C96H169NO8. The molecule has 0 amide bonds. The summed E-state index contributed by atoms with van der Waals surface area (Å²) in [7, 11) is 5.95. The van der Waals surface area contributed by atoms with Gasteiger partial charge in [0.2, 0.25) is 0 Å². The summed E-state index contributed by atoms with van der Waals surface area (Å²) < 4.78 is 22.9. The summed E-state index contributed by atoms with van der Waals surface area (Å²) >= 11 is 0. The first-order valence-corrected chi connectivity index (χ1v) is 44.7. The third kappa shape index (κ3) is 86.8. The van der Waals surface area contributed by atoms with Gasteiger partial charge in [0.15, 0.2) is 12.4 Å². The number of unbranched alkanes of at least 4 members (excludes halogenated alkanes) is 48. The molecule has 2 atom stereocenters. The normalized spacial score (nSPS) is 13.2. The highest BCUT2D eigenvalue weighted by Gasteiger charge is 2.22. The number of esters is 2. The summed E-state index contributed by atoms with van der Waals surface area (Å²) in [6.45, 7) is 4.58. The van der Waals surface area contributed by atoms with E-state index in [4.69, 9.17) is 18.9 Å². The number of allylic oxidation sites excluding steroid dienone is 20. The lowest BCUT2D eigenvalue weighted by Gasteiger charge is -2.26. The number of rotatable bonds is 83. The minimum atomic E-state index is -1.62. The highest BCUT2D eigenvalue weighted by atomic mass is 16.7. The van der Waals surface area contributed by atoms with Gasteiger partial charge in [0.1, 0.15) is 13.2 Å². The molecule has 105 heavy (non-hydrogen) atoms. The Kier molecular flexibility index (Phi) is 81.8. The molecule has 0 aromatic heterocycles. The zero-order valence-electron chi connectivity index (χ0n) is 69.6. The van der Waals surface area contributed by atoms with Crippen LogP contribution in [0.15, 0.2) is 122 Å².